The van der Waals surface area contributed by atoms with Crippen LogP contribution in [0.1, 0.15) is 39.1 Å². The van der Waals surface area contributed by atoms with Crippen molar-refractivity contribution in [1.29, 1.82) is 0 Å². The first-order chi connectivity index (χ1) is 13.7. The standard InChI is InChI=1S/C21H30F3N3OSSi/c1-19(2,3)30(5,6)28-14-20(4)13-17-25-26-18(27(17)11-12-29-20)15-9-7-8-10-16(15)21(22,23)24/h7-10H,11-14H2,1-6H3. The molecule has 0 spiro atoms. The second kappa shape index (κ2) is 7.98. The third-order valence-corrected chi connectivity index (χ3v) is 12.0. The molecule has 0 saturated carbocycles. The molecule has 0 bridgehead atoms. The summed E-state index contributed by atoms with van der Waals surface area (Å²) < 4.78 is 48.6. The van der Waals surface area contributed by atoms with Crippen molar-refractivity contribution >= 4 is 20.1 Å². The van der Waals surface area contributed by atoms with E-state index < -0.39 is 20.1 Å². The van der Waals surface area contributed by atoms with E-state index in [1.165, 1.54) is 12.1 Å². The van der Waals surface area contributed by atoms with Gasteiger partial charge in [0.25, 0.3) is 0 Å². The van der Waals surface area contributed by atoms with Crippen LogP contribution in [-0.2, 0) is 23.6 Å². The Hall–Kier alpha value is -1.32. The van der Waals surface area contributed by atoms with Gasteiger partial charge in [-0.25, -0.2) is 0 Å². The van der Waals surface area contributed by atoms with Crippen LogP contribution in [0.15, 0.2) is 24.3 Å². The Kier molecular flexibility index (Phi) is 6.21. The molecule has 2 aromatic rings. The SMILES string of the molecule is CC1(CO[Si](C)(C)C(C)(C)C)Cc2nnc(-c3ccccc3C(F)(F)F)n2CCS1. The van der Waals surface area contributed by atoms with Crippen LogP contribution in [0.3, 0.4) is 0 Å². The zero-order chi connectivity index (χ0) is 22.4. The molecule has 3 rings (SSSR count). The summed E-state index contributed by atoms with van der Waals surface area (Å²) in [6, 6.07) is 5.57. The number of thioether (sulfide) groups is 1. The van der Waals surface area contributed by atoms with Crippen LogP contribution >= 0.6 is 11.8 Å². The highest BCUT2D eigenvalue weighted by Crippen LogP contribution is 2.41. The highest BCUT2D eigenvalue weighted by atomic mass is 32.2. The number of aromatic nitrogens is 3. The third-order valence-electron chi connectivity index (χ3n) is 6.14. The molecule has 9 heteroatoms. The Morgan fingerprint density at radius 2 is 1.83 bits per heavy atom. The second-order valence-electron chi connectivity index (χ2n) is 9.66. The monoisotopic (exact) mass is 457 g/mol. The van der Waals surface area contributed by atoms with Crippen molar-refractivity contribution in [2.75, 3.05) is 12.4 Å². The van der Waals surface area contributed by atoms with Crippen LogP contribution in [0.25, 0.3) is 11.4 Å². The van der Waals surface area contributed by atoms with E-state index in [2.05, 4.69) is 51.0 Å². The minimum absolute atomic E-state index is 0.0786. The smallest absolute Gasteiger partial charge is 0.415 e. The number of hydrogen-bond acceptors (Lipinski definition) is 4. The Morgan fingerprint density at radius 1 is 1.17 bits per heavy atom. The maximum Gasteiger partial charge on any atom is 0.417 e. The van der Waals surface area contributed by atoms with E-state index in [1.807, 2.05) is 4.57 Å². The maximum atomic E-state index is 13.5. The number of fused-ring (bicyclic) bond motifs is 1. The molecule has 1 aromatic carbocycles. The van der Waals surface area contributed by atoms with Crippen LogP contribution in [0, 0.1) is 0 Å². The minimum atomic E-state index is -4.44. The summed E-state index contributed by atoms with van der Waals surface area (Å²) in [5.74, 6) is 1.77. The van der Waals surface area contributed by atoms with Crippen LogP contribution in [0.4, 0.5) is 13.2 Å². The van der Waals surface area contributed by atoms with Crippen LogP contribution in [-0.4, -0.2) is 40.2 Å². The zero-order valence-corrected chi connectivity index (χ0v) is 20.2. The molecule has 1 atom stereocenters. The fraction of sp³-hybridized carbons (Fsp3) is 0.619. The van der Waals surface area contributed by atoms with Crippen molar-refractivity contribution in [3.05, 3.63) is 35.7 Å². The van der Waals surface area contributed by atoms with E-state index in [0.717, 1.165) is 11.8 Å². The average molecular weight is 458 g/mol. The molecule has 30 heavy (non-hydrogen) atoms. The zero-order valence-electron chi connectivity index (χ0n) is 18.4. The highest BCUT2D eigenvalue weighted by Gasteiger charge is 2.41. The van der Waals surface area contributed by atoms with Gasteiger partial charge in [0.15, 0.2) is 14.1 Å². The number of halogens is 3. The molecule has 1 aromatic heterocycles. The van der Waals surface area contributed by atoms with Crippen molar-refractivity contribution in [3.63, 3.8) is 0 Å². The topological polar surface area (TPSA) is 39.9 Å². The molecule has 1 unspecified atom stereocenters. The fourth-order valence-corrected chi connectivity index (χ4v) is 5.59. The van der Waals surface area contributed by atoms with Gasteiger partial charge in [-0.15, -0.1) is 10.2 Å². The fourth-order valence-electron chi connectivity index (χ4n) is 3.24. The molecule has 0 amide bonds. The van der Waals surface area contributed by atoms with Gasteiger partial charge in [-0.1, -0.05) is 39.0 Å². The predicted molar refractivity (Wildman–Crippen MR) is 118 cm³/mol. The number of nitrogens with zero attached hydrogens (tertiary/aromatic N) is 3. The van der Waals surface area contributed by atoms with Crippen LogP contribution in [0.2, 0.25) is 18.1 Å². The van der Waals surface area contributed by atoms with Gasteiger partial charge in [-0.05, 0) is 31.1 Å². The van der Waals surface area contributed by atoms with Gasteiger partial charge >= 0.3 is 6.18 Å². The summed E-state index contributed by atoms with van der Waals surface area (Å²) in [7, 11) is -1.90. The minimum Gasteiger partial charge on any atom is -0.415 e. The first kappa shape index (κ1) is 23.3. The lowest BCUT2D eigenvalue weighted by Crippen LogP contribution is -2.45. The molecule has 1 aliphatic heterocycles. The Labute approximate surface area is 181 Å². The second-order valence-corrected chi connectivity index (χ2v) is 16.2. The average Bonchev–Trinajstić information content (AvgIpc) is 2.92. The molecular formula is C21H30F3N3OSSi. The number of benzene rings is 1. The molecule has 2 heterocycles. The van der Waals surface area contributed by atoms with Gasteiger partial charge in [0.1, 0.15) is 5.82 Å². The molecule has 0 fully saturated rings. The molecule has 0 saturated heterocycles. The normalized spacial score (nSPS) is 20.7. The van der Waals surface area contributed by atoms with Crippen molar-refractivity contribution in [1.82, 2.24) is 14.8 Å². The van der Waals surface area contributed by atoms with Crippen molar-refractivity contribution in [3.8, 4) is 11.4 Å². The van der Waals surface area contributed by atoms with Crippen LogP contribution < -0.4 is 0 Å². The molecule has 0 radical (unpaired) electrons. The first-order valence-electron chi connectivity index (χ1n) is 10.1. The summed E-state index contributed by atoms with van der Waals surface area (Å²) in [6.45, 7) is 14.4. The van der Waals surface area contributed by atoms with Crippen molar-refractivity contribution in [2.45, 2.75) is 69.7 Å². The van der Waals surface area contributed by atoms with Crippen LogP contribution in [0.5, 0.6) is 0 Å². The largest absolute Gasteiger partial charge is 0.417 e. The van der Waals surface area contributed by atoms with E-state index >= 15 is 0 Å². The Morgan fingerprint density at radius 3 is 2.47 bits per heavy atom. The van der Waals surface area contributed by atoms with E-state index in [-0.39, 0.29) is 21.2 Å². The van der Waals surface area contributed by atoms with E-state index in [1.54, 1.807) is 17.8 Å². The maximum absolute atomic E-state index is 13.5. The first-order valence-corrected chi connectivity index (χ1v) is 14.0. The van der Waals surface area contributed by atoms with E-state index in [4.69, 9.17) is 4.43 Å². The quantitative estimate of drug-likeness (QED) is 0.525. The van der Waals surface area contributed by atoms with Gasteiger partial charge in [0, 0.05) is 35.6 Å². The molecule has 1 aliphatic rings. The third kappa shape index (κ3) is 4.78. The Balaban J connectivity index is 1.88. The lowest BCUT2D eigenvalue weighted by molar-refractivity contribution is -0.137. The molecule has 0 N–H and O–H groups in total. The summed E-state index contributed by atoms with van der Waals surface area (Å²) >= 11 is 1.80. The van der Waals surface area contributed by atoms with Gasteiger partial charge in [-0.2, -0.15) is 24.9 Å². The lowest BCUT2D eigenvalue weighted by atomic mass is 10.1. The summed E-state index contributed by atoms with van der Waals surface area (Å²) in [6.07, 6.45) is -3.83. The molecule has 166 valence electrons. The van der Waals surface area contributed by atoms with E-state index in [0.29, 0.717) is 25.4 Å². The molecule has 4 nitrogen and oxygen atoms in total. The summed E-state index contributed by atoms with van der Waals surface area (Å²) in [5, 5.41) is 8.58. The summed E-state index contributed by atoms with van der Waals surface area (Å²) in [4.78, 5) is 0. The van der Waals surface area contributed by atoms with Crippen molar-refractivity contribution in [2.24, 2.45) is 0 Å². The van der Waals surface area contributed by atoms with Gasteiger partial charge < -0.3 is 8.99 Å². The highest BCUT2D eigenvalue weighted by molar-refractivity contribution is 8.00. The van der Waals surface area contributed by atoms with E-state index in [9.17, 15) is 13.2 Å². The van der Waals surface area contributed by atoms with Crippen molar-refractivity contribution < 1.29 is 17.6 Å². The molecular weight excluding hydrogens is 427 g/mol. The number of alkyl halides is 3. The summed E-state index contributed by atoms with van der Waals surface area (Å²) in [5.41, 5.74) is -0.601. The van der Waals surface area contributed by atoms with Gasteiger partial charge in [0.2, 0.25) is 0 Å². The van der Waals surface area contributed by atoms with Gasteiger partial charge in [-0.3, -0.25) is 0 Å². The Bertz CT molecular complexity index is 908. The predicted octanol–water partition coefficient (Wildman–Crippen LogP) is 6.03. The lowest BCUT2D eigenvalue weighted by Gasteiger charge is -2.39. The number of hydrogen-bond donors (Lipinski definition) is 0. The van der Waals surface area contributed by atoms with Gasteiger partial charge in [0.05, 0.1) is 5.56 Å². The number of rotatable bonds is 4. The molecule has 0 aliphatic carbocycles.